The van der Waals surface area contributed by atoms with Crippen molar-refractivity contribution in [2.45, 2.75) is 141 Å². The number of unbranched alkanes of at least 4 members (excludes halogenated alkanes) is 12. The minimum atomic E-state index is -1.78. The first-order valence-electron chi connectivity index (χ1n) is 13.5. The van der Waals surface area contributed by atoms with Gasteiger partial charge in [0.25, 0.3) is 5.91 Å². The summed E-state index contributed by atoms with van der Waals surface area (Å²) in [5, 5.41) is 41.0. The molecule has 1 amide bonds. The summed E-state index contributed by atoms with van der Waals surface area (Å²) in [6.07, 6.45) is 13.3. The maximum atomic E-state index is 12.3. The zero-order valence-corrected chi connectivity index (χ0v) is 21.3. The van der Waals surface area contributed by atoms with Gasteiger partial charge in [0.15, 0.2) is 6.10 Å². The van der Waals surface area contributed by atoms with E-state index in [-0.39, 0.29) is 6.04 Å². The number of amides is 1. The number of carbonyl (C=O) groups is 1. The summed E-state index contributed by atoms with van der Waals surface area (Å²) in [4.78, 5) is 12.3. The molecule has 33 heavy (non-hydrogen) atoms. The SMILES string of the molecule is CCCCCCCCCCOCCC(CCCCCCCC)NC(=O)[C@H](O)[C@H](O)[C@H](O)CO. The van der Waals surface area contributed by atoms with E-state index < -0.39 is 30.8 Å². The molecule has 0 spiro atoms. The van der Waals surface area contributed by atoms with Gasteiger partial charge in [0.2, 0.25) is 0 Å². The van der Waals surface area contributed by atoms with Crippen LogP contribution in [0.1, 0.15) is 117 Å². The first kappa shape index (κ1) is 32.3. The Morgan fingerprint density at radius 2 is 1.24 bits per heavy atom. The Morgan fingerprint density at radius 3 is 1.79 bits per heavy atom. The van der Waals surface area contributed by atoms with Crippen LogP contribution in [0.4, 0.5) is 0 Å². The van der Waals surface area contributed by atoms with Crippen molar-refractivity contribution in [1.29, 1.82) is 0 Å². The average molecular weight is 476 g/mol. The third-order valence-corrected chi connectivity index (χ3v) is 6.18. The smallest absolute Gasteiger partial charge is 0.251 e. The average Bonchev–Trinajstić information content (AvgIpc) is 2.82. The number of hydrogen-bond donors (Lipinski definition) is 5. The summed E-state index contributed by atoms with van der Waals surface area (Å²) >= 11 is 0. The number of aliphatic hydroxyl groups is 4. The van der Waals surface area contributed by atoms with Crippen LogP contribution in [-0.4, -0.2) is 70.5 Å². The second-order valence-corrected chi connectivity index (χ2v) is 9.32. The fraction of sp³-hybridized carbons (Fsp3) is 0.962. The molecule has 0 aromatic rings. The van der Waals surface area contributed by atoms with Crippen molar-refractivity contribution in [3.05, 3.63) is 0 Å². The summed E-state index contributed by atoms with van der Waals surface area (Å²) in [7, 11) is 0. The Morgan fingerprint density at radius 1 is 0.727 bits per heavy atom. The van der Waals surface area contributed by atoms with Crippen LogP contribution in [0.5, 0.6) is 0 Å². The highest BCUT2D eigenvalue weighted by molar-refractivity contribution is 5.81. The highest BCUT2D eigenvalue weighted by Crippen LogP contribution is 2.12. The number of nitrogens with one attached hydrogen (secondary N) is 1. The normalized spacial score (nSPS) is 15.2. The number of hydrogen-bond acceptors (Lipinski definition) is 6. The standard InChI is InChI=1S/C26H53NO6/c1-3-5-7-9-11-12-14-16-19-33-20-18-22(17-15-13-10-8-6-4-2)27-26(32)25(31)24(30)23(29)21-28/h22-25,28-31H,3-21H2,1-2H3,(H,27,32)/t22?,23-,24-,25-/m1/s1. The van der Waals surface area contributed by atoms with Gasteiger partial charge in [0.1, 0.15) is 12.2 Å². The van der Waals surface area contributed by atoms with Crippen LogP contribution in [0.15, 0.2) is 0 Å². The molecule has 0 aromatic carbocycles. The van der Waals surface area contributed by atoms with Gasteiger partial charge in [-0.3, -0.25) is 4.79 Å². The summed E-state index contributed by atoms with van der Waals surface area (Å²) in [5.41, 5.74) is 0. The lowest BCUT2D eigenvalue weighted by atomic mass is 10.0. The summed E-state index contributed by atoms with van der Waals surface area (Å²) in [6.45, 7) is 4.95. The summed E-state index contributed by atoms with van der Waals surface area (Å²) < 4.78 is 5.78. The van der Waals surface area contributed by atoms with E-state index in [4.69, 9.17) is 9.84 Å². The van der Waals surface area contributed by atoms with Gasteiger partial charge in [-0.15, -0.1) is 0 Å². The molecule has 0 bridgehead atoms. The van der Waals surface area contributed by atoms with Gasteiger partial charge in [-0.2, -0.15) is 0 Å². The number of ether oxygens (including phenoxy) is 1. The van der Waals surface area contributed by atoms with Crippen molar-refractivity contribution in [1.82, 2.24) is 5.32 Å². The Kier molecular flexibility index (Phi) is 22.5. The second kappa shape index (κ2) is 23.0. The van der Waals surface area contributed by atoms with Crippen molar-refractivity contribution >= 4 is 5.91 Å². The highest BCUT2D eigenvalue weighted by atomic mass is 16.5. The third kappa shape index (κ3) is 18.3. The van der Waals surface area contributed by atoms with Crippen molar-refractivity contribution in [2.75, 3.05) is 19.8 Å². The van der Waals surface area contributed by atoms with Crippen molar-refractivity contribution in [3.8, 4) is 0 Å². The third-order valence-electron chi connectivity index (χ3n) is 6.18. The zero-order chi connectivity index (χ0) is 24.7. The number of rotatable bonds is 24. The molecule has 0 saturated heterocycles. The van der Waals surface area contributed by atoms with E-state index in [1.165, 1.54) is 70.6 Å². The molecule has 0 aliphatic rings. The van der Waals surface area contributed by atoms with Crippen molar-refractivity contribution in [3.63, 3.8) is 0 Å². The van der Waals surface area contributed by atoms with Crippen LogP contribution in [0.2, 0.25) is 0 Å². The van der Waals surface area contributed by atoms with Gasteiger partial charge >= 0.3 is 0 Å². The van der Waals surface area contributed by atoms with E-state index in [2.05, 4.69) is 19.2 Å². The van der Waals surface area contributed by atoms with E-state index in [0.29, 0.717) is 13.0 Å². The molecule has 0 aliphatic heterocycles. The molecule has 198 valence electrons. The quantitative estimate of drug-likeness (QED) is 0.135. The molecule has 0 rings (SSSR count). The minimum absolute atomic E-state index is 0.157. The Balaban J connectivity index is 4.25. The molecule has 4 atom stereocenters. The van der Waals surface area contributed by atoms with Gasteiger partial charge in [-0.25, -0.2) is 0 Å². The Hall–Kier alpha value is -0.730. The van der Waals surface area contributed by atoms with Crippen LogP contribution in [-0.2, 0) is 9.53 Å². The minimum Gasteiger partial charge on any atom is -0.394 e. The molecular formula is C26H53NO6. The van der Waals surface area contributed by atoms with Crippen molar-refractivity contribution in [2.24, 2.45) is 0 Å². The first-order valence-corrected chi connectivity index (χ1v) is 13.5. The molecule has 7 heteroatoms. The van der Waals surface area contributed by atoms with Gasteiger partial charge in [0, 0.05) is 19.3 Å². The molecule has 0 aliphatic carbocycles. The van der Waals surface area contributed by atoms with Crippen LogP contribution in [0, 0.1) is 0 Å². The molecule has 0 radical (unpaired) electrons. The van der Waals surface area contributed by atoms with Crippen LogP contribution in [0.25, 0.3) is 0 Å². The largest absolute Gasteiger partial charge is 0.394 e. The molecule has 0 heterocycles. The van der Waals surface area contributed by atoms with Gasteiger partial charge in [0.05, 0.1) is 6.61 Å². The second-order valence-electron chi connectivity index (χ2n) is 9.32. The predicted octanol–water partition coefficient (Wildman–Crippen LogP) is 3.84. The molecule has 5 N–H and O–H groups in total. The summed E-state index contributed by atoms with van der Waals surface area (Å²) in [6, 6.07) is -0.157. The Labute approximate surface area is 202 Å². The van der Waals surface area contributed by atoms with E-state index >= 15 is 0 Å². The lowest BCUT2D eigenvalue weighted by molar-refractivity contribution is -0.143. The van der Waals surface area contributed by atoms with Crippen molar-refractivity contribution < 1.29 is 30.0 Å². The van der Waals surface area contributed by atoms with E-state index in [9.17, 15) is 20.1 Å². The van der Waals surface area contributed by atoms with Crippen LogP contribution < -0.4 is 5.32 Å². The van der Waals surface area contributed by atoms with Gasteiger partial charge in [-0.1, -0.05) is 97.3 Å². The Bertz CT molecular complexity index is 437. The summed E-state index contributed by atoms with van der Waals surface area (Å²) in [5.74, 6) is -0.728. The molecule has 0 fully saturated rings. The fourth-order valence-electron chi connectivity index (χ4n) is 3.89. The maximum absolute atomic E-state index is 12.3. The van der Waals surface area contributed by atoms with Crippen LogP contribution in [0.3, 0.4) is 0 Å². The van der Waals surface area contributed by atoms with E-state index in [0.717, 1.165) is 32.3 Å². The number of carbonyl (C=O) groups excluding carboxylic acids is 1. The highest BCUT2D eigenvalue weighted by Gasteiger charge is 2.30. The predicted molar refractivity (Wildman–Crippen MR) is 133 cm³/mol. The molecular weight excluding hydrogens is 422 g/mol. The molecule has 0 saturated carbocycles. The van der Waals surface area contributed by atoms with Crippen LogP contribution >= 0.6 is 0 Å². The first-order chi connectivity index (χ1) is 16.0. The topological polar surface area (TPSA) is 119 Å². The number of aliphatic hydroxyl groups excluding tert-OH is 4. The maximum Gasteiger partial charge on any atom is 0.251 e. The zero-order valence-electron chi connectivity index (χ0n) is 21.3. The van der Waals surface area contributed by atoms with E-state index in [1.807, 2.05) is 0 Å². The van der Waals surface area contributed by atoms with E-state index in [1.54, 1.807) is 0 Å². The fourth-order valence-corrected chi connectivity index (χ4v) is 3.89. The lowest BCUT2D eigenvalue weighted by Crippen LogP contribution is -2.50. The van der Waals surface area contributed by atoms with Gasteiger partial charge < -0.3 is 30.5 Å². The van der Waals surface area contributed by atoms with Gasteiger partial charge in [-0.05, 0) is 19.3 Å². The monoisotopic (exact) mass is 475 g/mol. The molecule has 1 unspecified atom stereocenters. The molecule has 0 aromatic heterocycles. The lowest BCUT2D eigenvalue weighted by Gasteiger charge is -2.24. The molecule has 7 nitrogen and oxygen atoms in total.